The summed E-state index contributed by atoms with van der Waals surface area (Å²) in [6.45, 7) is 1.84. The molecular formula is C11H16BrN3O. The fourth-order valence-corrected chi connectivity index (χ4v) is 2.37. The van der Waals surface area contributed by atoms with Gasteiger partial charge in [0.05, 0.1) is 0 Å². The Hall–Kier alpha value is -0.810. The minimum absolute atomic E-state index is 0.0411. The van der Waals surface area contributed by atoms with Gasteiger partial charge in [0.15, 0.2) is 0 Å². The van der Waals surface area contributed by atoms with E-state index >= 15 is 0 Å². The SMILES string of the molecule is CN(CC1CCCN1)C(=O)c1cc(Br)c[nH]1. The third-order valence-corrected chi connectivity index (χ3v) is 3.34. The molecule has 1 fully saturated rings. The van der Waals surface area contributed by atoms with Gasteiger partial charge in [0, 0.05) is 30.3 Å². The van der Waals surface area contributed by atoms with Gasteiger partial charge >= 0.3 is 0 Å². The van der Waals surface area contributed by atoms with Gasteiger partial charge in [-0.25, -0.2) is 0 Å². The highest BCUT2D eigenvalue weighted by Crippen LogP contribution is 2.13. The minimum atomic E-state index is 0.0411. The number of carbonyl (C=O) groups is 1. The van der Waals surface area contributed by atoms with Gasteiger partial charge in [0.1, 0.15) is 5.69 Å². The second-order valence-corrected chi connectivity index (χ2v) is 5.13. The number of amides is 1. The maximum absolute atomic E-state index is 12.0. The molecule has 2 heterocycles. The van der Waals surface area contributed by atoms with Gasteiger partial charge in [0.2, 0.25) is 0 Å². The summed E-state index contributed by atoms with van der Waals surface area (Å²) >= 11 is 3.32. The van der Waals surface area contributed by atoms with E-state index in [4.69, 9.17) is 0 Å². The number of hydrogen-bond donors (Lipinski definition) is 2. The predicted molar refractivity (Wildman–Crippen MR) is 66.5 cm³/mol. The van der Waals surface area contributed by atoms with Gasteiger partial charge < -0.3 is 15.2 Å². The Morgan fingerprint density at radius 2 is 2.50 bits per heavy atom. The van der Waals surface area contributed by atoms with Crippen LogP contribution in [0.4, 0.5) is 0 Å². The maximum atomic E-state index is 12.0. The Labute approximate surface area is 104 Å². The molecular weight excluding hydrogens is 270 g/mol. The molecule has 0 spiro atoms. The molecule has 0 aromatic carbocycles. The molecule has 88 valence electrons. The molecule has 0 aliphatic carbocycles. The Kier molecular flexibility index (Phi) is 3.66. The normalized spacial score (nSPS) is 20.0. The van der Waals surface area contributed by atoms with E-state index in [2.05, 4.69) is 26.2 Å². The third-order valence-electron chi connectivity index (χ3n) is 2.88. The van der Waals surface area contributed by atoms with Gasteiger partial charge in [-0.3, -0.25) is 4.79 Å². The molecule has 2 rings (SSSR count). The molecule has 0 bridgehead atoms. The summed E-state index contributed by atoms with van der Waals surface area (Å²) in [6.07, 6.45) is 4.14. The lowest BCUT2D eigenvalue weighted by Crippen LogP contribution is -2.38. The number of rotatable bonds is 3. The van der Waals surface area contributed by atoms with E-state index in [1.54, 1.807) is 17.2 Å². The van der Waals surface area contributed by atoms with Crippen LogP contribution in [0.15, 0.2) is 16.7 Å². The van der Waals surface area contributed by atoms with Crippen molar-refractivity contribution in [2.45, 2.75) is 18.9 Å². The number of aromatic amines is 1. The van der Waals surface area contributed by atoms with Crippen LogP contribution in [0.5, 0.6) is 0 Å². The van der Waals surface area contributed by atoms with Crippen LogP contribution in [-0.4, -0.2) is 42.0 Å². The van der Waals surface area contributed by atoms with Crippen LogP contribution in [0.3, 0.4) is 0 Å². The summed E-state index contributed by atoms with van der Waals surface area (Å²) in [5.41, 5.74) is 0.632. The number of nitrogens with one attached hydrogen (secondary N) is 2. The minimum Gasteiger partial charge on any atom is -0.356 e. The molecule has 16 heavy (non-hydrogen) atoms. The molecule has 1 saturated heterocycles. The van der Waals surface area contributed by atoms with Crippen LogP contribution in [-0.2, 0) is 0 Å². The van der Waals surface area contributed by atoms with E-state index in [1.807, 2.05) is 7.05 Å². The van der Waals surface area contributed by atoms with Crippen LogP contribution in [0.1, 0.15) is 23.3 Å². The fraction of sp³-hybridized carbons (Fsp3) is 0.545. The summed E-state index contributed by atoms with van der Waals surface area (Å²) in [5.74, 6) is 0.0411. The van der Waals surface area contributed by atoms with Crippen LogP contribution in [0.25, 0.3) is 0 Å². The van der Waals surface area contributed by atoms with E-state index in [9.17, 15) is 4.79 Å². The Bertz CT molecular complexity index is 371. The Morgan fingerprint density at radius 1 is 1.69 bits per heavy atom. The summed E-state index contributed by atoms with van der Waals surface area (Å²) in [6, 6.07) is 2.26. The van der Waals surface area contributed by atoms with Crippen LogP contribution < -0.4 is 5.32 Å². The zero-order valence-corrected chi connectivity index (χ0v) is 10.9. The summed E-state index contributed by atoms with van der Waals surface area (Å²) in [5, 5.41) is 3.39. The third kappa shape index (κ3) is 2.65. The molecule has 1 aromatic rings. The standard InChI is InChI=1S/C11H16BrN3O/c1-15(7-9-3-2-4-13-9)11(16)10-5-8(12)6-14-10/h5-6,9,13-14H,2-4,7H2,1H3. The molecule has 1 aliphatic heterocycles. The topological polar surface area (TPSA) is 48.1 Å². The number of hydrogen-bond acceptors (Lipinski definition) is 2. The van der Waals surface area contributed by atoms with Crippen molar-refractivity contribution in [3.05, 3.63) is 22.4 Å². The van der Waals surface area contributed by atoms with Crippen molar-refractivity contribution in [1.29, 1.82) is 0 Å². The van der Waals surface area contributed by atoms with E-state index < -0.39 is 0 Å². The van der Waals surface area contributed by atoms with Crippen molar-refractivity contribution >= 4 is 21.8 Å². The first kappa shape index (κ1) is 11.7. The van der Waals surface area contributed by atoms with Gasteiger partial charge in [-0.2, -0.15) is 0 Å². The van der Waals surface area contributed by atoms with Gasteiger partial charge in [-0.05, 0) is 41.4 Å². The molecule has 1 atom stereocenters. The lowest BCUT2D eigenvalue weighted by atomic mass is 10.2. The van der Waals surface area contributed by atoms with Crippen molar-refractivity contribution in [2.24, 2.45) is 0 Å². The number of likely N-dealkylation sites (N-methyl/N-ethyl adjacent to an activating group) is 1. The monoisotopic (exact) mass is 285 g/mol. The molecule has 1 unspecified atom stereocenters. The quantitative estimate of drug-likeness (QED) is 0.886. The van der Waals surface area contributed by atoms with Crippen molar-refractivity contribution in [1.82, 2.24) is 15.2 Å². The summed E-state index contributed by atoms with van der Waals surface area (Å²) in [7, 11) is 1.84. The van der Waals surface area contributed by atoms with E-state index in [0.717, 1.165) is 24.0 Å². The molecule has 2 N–H and O–H groups in total. The largest absolute Gasteiger partial charge is 0.356 e. The second kappa shape index (κ2) is 5.01. The van der Waals surface area contributed by atoms with Crippen molar-refractivity contribution in [3.63, 3.8) is 0 Å². The first-order valence-corrected chi connectivity index (χ1v) is 6.29. The molecule has 0 saturated carbocycles. The number of carbonyl (C=O) groups excluding carboxylic acids is 1. The van der Waals surface area contributed by atoms with Crippen LogP contribution >= 0.6 is 15.9 Å². The van der Waals surface area contributed by atoms with Gasteiger partial charge in [-0.15, -0.1) is 0 Å². The predicted octanol–water partition coefficient (Wildman–Crippen LogP) is 1.60. The van der Waals surface area contributed by atoms with Crippen LogP contribution in [0, 0.1) is 0 Å². The highest BCUT2D eigenvalue weighted by Gasteiger charge is 2.20. The molecule has 4 nitrogen and oxygen atoms in total. The van der Waals surface area contributed by atoms with Gasteiger partial charge in [-0.1, -0.05) is 0 Å². The van der Waals surface area contributed by atoms with Crippen molar-refractivity contribution < 1.29 is 4.79 Å². The highest BCUT2D eigenvalue weighted by atomic mass is 79.9. The first-order valence-electron chi connectivity index (χ1n) is 5.49. The summed E-state index contributed by atoms with van der Waals surface area (Å²) in [4.78, 5) is 16.7. The van der Waals surface area contributed by atoms with E-state index in [1.165, 1.54) is 6.42 Å². The van der Waals surface area contributed by atoms with E-state index in [-0.39, 0.29) is 5.91 Å². The number of H-pyrrole nitrogens is 1. The zero-order chi connectivity index (χ0) is 11.5. The molecule has 1 amide bonds. The number of aromatic nitrogens is 1. The first-order chi connectivity index (χ1) is 7.66. The average molecular weight is 286 g/mol. The van der Waals surface area contributed by atoms with Crippen molar-refractivity contribution in [2.75, 3.05) is 20.1 Å². The fourth-order valence-electron chi connectivity index (χ4n) is 2.02. The van der Waals surface area contributed by atoms with Crippen molar-refractivity contribution in [3.8, 4) is 0 Å². The highest BCUT2D eigenvalue weighted by molar-refractivity contribution is 9.10. The second-order valence-electron chi connectivity index (χ2n) is 4.21. The van der Waals surface area contributed by atoms with Crippen LogP contribution in [0.2, 0.25) is 0 Å². The molecule has 1 aliphatic rings. The smallest absolute Gasteiger partial charge is 0.270 e. The lowest BCUT2D eigenvalue weighted by molar-refractivity contribution is 0.0778. The zero-order valence-electron chi connectivity index (χ0n) is 9.29. The molecule has 1 aromatic heterocycles. The average Bonchev–Trinajstić information content (AvgIpc) is 2.88. The Balaban J connectivity index is 1.93. The lowest BCUT2D eigenvalue weighted by Gasteiger charge is -2.20. The Morgan fingerprint density at radius 3 is 3.06 bits per heavy atom. The maximum Gasteiger partial charge on any atom is 0.270 e. The molecule has 0 radical (unpaired) electrons. The number of halogens is 1. The van der Waals surface area contributed by atoms with E-state index in [0.29, 0.717) is 11.7 Å². The molecule has 5 heteroatoms. The van der Waals surface area contributed by atoms with Gasteiger partial charge in [0.25, 0.3) is 5.91 Å². The summed E-state index contributed by atoms with van der Waals surface area (Å²) < 4.78 is 0.906. The number of nitrogens with zero attached hydrogens (tertiary/aromatic N) is 1.